The SMILES string of the molecule is Cc1cccc(C)c1-n1nnnc1CSc1nc2ccccc2c(=O)n1CCC(C)C. The van der Waals surface area contributed by atoms with E-state index in [1.54, 1.807) is 9.25 Å². The number of fused-ring (bicyclic) bond motifs is 1. The van der Waals surface area contributed by atoms with Crippen molar-refractivity contribution >= 4 is 22.7 Å². The number of nitrogens with zero attached hydrogens (tertiary/aromatic N) is 6. The van der Waals surface area contributed by atoms with E-state index in [0.29, 0.717) is 34.3 Å². The van der Waals surface area contributed by atoms with Crippen molar-refractivity contribution in [2.75, 3.05) is 0 Å². The van der Waals surface area contributed by atoms with Crippen LogP contribution in [0.4, 0.5) is 0 Å². The monoisotopic (exact) mass is 434 g/mol. The molecule has 2 aromatic heterocycles. The summed E-state index contributed by atoms with van der Waals surface area (Å²) in [6.45, 7) is 9.05. The second-order valence-electron chi connectivity index (χ2n) is 8.09. The molecule has 4 aromatic rings. The van der Waals surface area contributed by atoms with Crippen molar-refractivity contribution in [2.24, 2.45) is 5.92 Å². The summed E-state index contributed by atoms with van der Waals surface area (Å²) < 4.78 is 3.58. The van der Waals surface area contributed by atoms with Crippen LogP contribution >= 0.6 is 11.8 Å². The van der Waals surface area contributed by atoms with E-state index in [1.807, 2.05) is 30.3 Å². The quantitative estimate of drug-likeness (QED) is 0.318. The zero-order valence-electron chi connectivity index (χ0n) is 18.2. The van der Waals surface area contributed by atoms with Gasteiger partial charge in [0.15, 0.2) is 11.0 Å². The van der Waals surface area contributed by atoms with Crippen molar-refractivity contribution in [3.8, 4) is 5.69 Å². The fourth-order valence-electron chi connectivity index (χ4n) is 3.58. The second kappa shape index (κ2) is 9.01. The molecule has 0 spiro atoms. The Bertz CT molecular complexity index is 1260. The highest BCUT2D eigenvalue weighted by Gasteiger charge is 2.16. The van der Waals surface area contributed by atoms with Gasteiger partial charge >= 0.3 is 0 Å². The fourth-order valence-corrected chi connectivity index (χ4v) is 4.51. The van der Waals surface area contributed by atoms with Gasteiger partial charge in [-0.3, -0.25) is 9.36 Å². The third kappa shape index (κ3) is 4.39. The Kier molecular flexibility index (Phi) is 6.18. The molecule has 0 aliphatic rings. The highest BCUT2D eigenvalue weighted by Crippen LogP contribution is 2.25. The topological polar surface area (TPSA) is 78.5 Å². The van der Waals surface area contributed by atoms with Gasteiger partial charge in [-0.1, -0.05) is 55.9 Å². The van der Waals surface area contributed by atoms with Crippen LogP contribution in [-0.2, 0) is 12.3 Å². The number of benzene rings is 2. The summed E-state index contributed by atoms with van der Waals surface area (Å²) in [6.07, 6.45) is 0.910. The number of aryl methyl sites for hydroxylation is 2. The molecule has 0 saturated heterocycles. The van der Waals surface area contributed by atoms with Crippen molar-refractivity contribution < 1.29 is 0 Å². The second-order valence-corrected chi connectivity index (χ2v) is 9.03. The predicted octanol–water partition coefficient (Wildman–Crippen LogP) is 4.33. The summed E-state index contributed by atoms with van der Waals surface area (Å²) in [4.78, 5) is 18.0. The molecule has 2 aromatic carbocycles. The highest BCUT2D eigenvalue weighted by atomic mass is 32.2. The number of hydrogen-bond acceptors (Lipinski definition) is 6. The zero-order chi connectivity index (χ0) is 22.0. The smallest absolute Gasteiger partial charge is 0.262 e. The van der Waals surface area contributed by atoms with Gasteiger partial charge in [0.05, 0.1) is 22.3 Å². The molecule has 8 heteroatoms. The first kappa shape index (κ1) is 21.2. The maximum absolute atomic E-state index is 13.2. The molecule has 7 nitrogen and oxygen atoms in total. The maximum Gasteiger partial charge on any atom is 0.262 e. The number of hydrogen-bond donors (Lipinski definition) is 0. The number of thioether (sulfide) groups is 1. The molecule has 0 fully saturated rings. The van der Waals surface area contributed by atoms with Crippen molar-refractivity contribution in [3.05, 3.63) is 69.8 Å². The fraction of sp³-hybridized carbons (Fsp3) is 0.348. The average molecular weight is 435 g/mol. The first-order chi connectivity index (χ1) is 15.0. The molecule has 0 radical (unpaired) electrons. The molecule has 4 rings (SSSR count). The molecule has 0 N–H and O–H groups in total. The molecule has 0 aliphatic heterocycles. The lowest BCUT2D eigenvalue weighted by Crippen LogP contribution is -2.24. The van der Waals surface area contributed by atoms with Crippen molar-refractivity contribution in [3.63, 3.8) is 0 Å². The standard InChI is InChI=1S/C23H26N6OS/c1-15(2)12-13-28-22(30)18-10-5-6-11-19(18)24-23(28)31-14-20-25-26-27-29(20)21-16(3)8-7-9-17(21)4/h5-11,15H,12-14H2,1-4H3. The van der Waals surface area contributed by atoms with Crippen LogP contribution in [0, 0.1) is 19.8 Å². The van der Waals surface area contributed by atoms with Gasteiger partial charge < -0.3 is 0 Å². The van der Waals surface area contributed by atoms with Gasteiger partial charge in [-0.15, -0.1) is 5.10 Å². The molecule has 0 saturated carbocycles. The molecular weight excluding hydrogens is 408 g/mol. The van der Waals surface area contributed by atoms with Crippen LogP contribution in [0.1, 0.15) is 37.2 Å². The van der Waals surface area contributed by atoms with Crippen LogP contribution in [0.3, 0.4) is 0 Å². The Morgan fingerprint density at radius 3 is 2.52 bits per heavy atom. The van der Waals surface area contributed by atoms with Crippen LogP contribution in [0.15, 0.2) is 52.4 Å². The predicted molar refractivity (Wildman–Crippen MR) is 124 cm³/mol. The van der Waals surface area contributed by atoms with E-state index in [0.717, 1.165) is 29.1 Å². The van der Waals surface area contributed by atoms with Crippen molar-refractivity contribution in [2.45, 2.75) is 51.6 Å². The Balaban J connectivity index is 1.70. The van der Waals surface area contributed by atoms with Crippen molar-refractivity contribution in [1.82, 2.24) is 29.8 Å². The van der Waals surface area contributed by atoms with Crippen LogP contribution in [0.25, 0.3) is 16.6 Å². The van der Waals surface area contributed by atoms with E-state index in [1.165, 1.54) is 11.8 Å². The van der Waals surface area contributed by atoms with Crippen LogP contribution < -0.4 is 5.56 Å². The first-order valence-corrected chi connectivity index (χ1v) is 11.4. The van der Waals surface area contributed by atoms with E-state index < -0.39 is 0 Å². The minimum absolute atomic E-state index is 0.00286. The lowest BCUT2D eigenvalue weighted by Gasteiger charge is -2.14. The molecule has 160 valence electrons. The van der Waals surface area contributed by atoms with Gasteiger partial charge in [0.25, 0.3) is 5.56 Å². The molecule has 0 atom stereocenters. The Morgan fingerprint density at radius 2 is 1.77 bits per heavy atom. The van der Waals surface area contributed by atoms with Crippen LogP contribution in [-0.4, -0.2) is 29.8 Å². The molecule has 31 heavy (non-hydrogen) atoms. The molecule has 0 unspecified atom stereocenters. The Morgan fingerprint density at radius 1 is 1.03 bits per heavy atom. The number of para-hydroxylation sites is 2. The Hall–Kier alpha value is -3.00. The Labute approximate surface area is 185 Å². The van der Waals surface area contributed by atoms with Crippen molar-refractivity contribution in [1.29, 1.82) is 0 Å². The highest BCUT2D eigenvalue weighted by molar-refractivity contribution is 7.98. The molecule has 2 heterocycles. The first-order valence-electron chi connectivity index (χ1n) is 10.4. The summed E-state index contributed by atoms with van der Waals surface area (Å²) in [6, 6.07) is 13.6. The van der Waals surface area contributed by atoms with E-state index in [9.17, 15) is 4.79 Å². The van der Waals surface area contributed by atoms with Crippen LogP contribution in [0.5, 0.6) is 0 Å². The van der Waals surface area contributed by atoms with Gasteiger partial charge in [-0.05, 0) is 59.9 Å². The van der Waals surface area contributed by atoms with Crippen LogP contribution in [0.2, 0.25) is 0 Å². The largest absolute Gasteiger partial charge is 0.287 e. The minimum Gasteiger partial charge on any atom is -0.287 e. The summed E-state index contributed by atoms with van der Waals surface area (Å²) in [5.41, 5.74) is 3.92. The molecule has 0 amide bonds. The zero-order valence-corrected chi connectivity index (χ0v) is 19.1. The third-order valence-electron chi connectivity index (χ3n) is 5.27. The van der Waals surface area contributed by atoms with Gasteiger partial charge in [0.1, 0.15) is 0 Å². The lowest BCUT2D eigenvalue weighted by molar-refractivity contribution is 0.481. The minimum atomic E-state index is 0.00286. The summed E-state index contributed by atoms with van der Waals surface area (Å²) in [5.74, 6) is 1.72. The van der Waals surface area contributed by atoms with Gasteiger partial charge in [-0.2, -0.15) is 4.68 Å². The summed E-state index contributed by atoms with van der Waals surface area (Å²) in [7, 11) is 0. The van der Waals surface area contributed by atoms with Gasteiger partial charge in [0, 0.05) is 6.54 Å². The van der Waals surface area contributed by atoms with E-state index >= 15 is 0 Å². The molecule has 0 aliphatic carbocycles. The summed E-state index contributed by atoms with van der Waals surface area (Å²) in [5, 5.41) is 13.7. The van der Waals surface area contributed by atoms with Gasteiger partial charge in [-0.25, -0.2) is 4.98 Å². The van der Waals surface area contributed by atoms with E-state index in [2.05, 4.69) is 55.4 Å². The van der Waals surface area contributed by atoms with Gasteiger partial charge in [0.2, 0.25) is 0 Å². The lowest BCUT2D eigenvalue weighted by atomic mass is 10.1. The third-order valence-corrected chi connectivity index (χ3v) is 6.24. The summed E-state index contributed by atoms with van der Waals surface area (Å²) >= 11 is 1.49. The number of tetrazole rings is 1. The average Bonchev–Trinajstić information content (AvgIpc) is 3.19. The number of rotatable bonds is 7. The molecular formula is C23H26N6OS. The van der Waals surface area contributed by atoms with E-state index in [-0.39, 0.29) is 5.56 Å². The molecule has 0 bridgehead atoms. The normalized spacial score (nSPS) is 11.5. The van der Waals surface area contributed by atoms with E-state index in [4.69, 9.17) is 4.98 Å². The number of aromatic nitrogens is 6. The maximum atomic E-state index is 13.2.